The molecule has 3 heterocycles. The first-order chi connectivity index (χ1) is 16.6. The van der Waals surface area contributed by atoms with Gasteiger partial charge in [0.05, 0.1) is 30.0 Å². The molecule has 0 aromatic carbocycles. The highest BCUT2D eigenvalue weighted by Gasteiger charge is 2.35. The Morgan fingerprint density at radius 2 is 1.85 bits per heavy atom. The number of piperazine rings is 2. The fourth-order valence-corrected chi connectivity index (χ4v) is 5.43. The van der Waals surface area contributed by atoms with Crippen LogP contribution in [-0.2, 0) is 9.53 Å². The maximum absolute atomic E-state index is 12.5. The number of nitriles is 1. The van der Waals surface area contributed by atoms with Gasteiger partial charge >= 0.3 is 0 Å². The van der Waals surface area contributed by atoms with Gasteiger partial charge in [0.2, 0.25) is 5.91 Å². The Hall–Kier alpha value is -2.37. The Morgan fingerprint density at radius 1 is 1.12 bits per heavy atom. The molecule has 184 valence electrons. The van der Waals surface area contributed by atoms with Crippen LogP contribution in [0.2, 0.25) is 0 Å². The smallest absolute Gasteiger partial charge is 0.225 e. The van der Waals surface area contributed by atoms with Gasteiger partial charge in [-0.05, 0) is 44.6 Å². The van der Waals surface area contributed by atoms with E-state index < -0.39 is 0 Å². The summed E-state index contributed by atoms with van der Waals surface area (Å²) in [5.74, 6) is 2.38. The zero-order valence-corrected chi connectivity index (χ0v) is 20.7. The number of hydrogen-bond donors (Lipinski definition) is 0. The van der Waals surface area contributed by atoms with Crippen LogP contribution in [0.15, 0.2) is 6.07 Å². The standard InChI is InChI=1S/C26H38N6O2/c1-19-17-31(12-13-32(19)24(33)7-14-34-2)26-22(16-27)15-23(25(28-26)21-5-6-21)30-10-8-29(9-11-30)18-20-3-4-20/h15,19-21H,3-14,17-18H2,1-2H3. The van der Waals surface area contributed by atoms with E-state index in [1.807, 2.05) is 4.90 Å². The Morgan fingerprint density at radius 3 is 2.47 bits per heavy atom. The van der Waals surface area contributed by atoms with Crippen LogP contribution < -0.4 is 9.80 Å². The van der Waals surface area contributed by atoms with Gasteiger partial charge in [-0.1, -0.05) is 0 Å². The second kappa shape index (κ2) is 10.1. The van der Waals surface area contributed by atoms with E-state index in [1.54, 1.807) is 7.11 Å². The number of pyridine rings is 1. The molecule has 1 unspecified atom stereocenters. The van der Waals surface area contributed by atoms with Crippen molar-refractivity contribution in [3.05, 3.63) is 17.3 Å². The summed E-state index contributed by atoms with van der Waals surface area (Å²) >= 11 is 0. The first-order valence-corrected chi connectivity index (χ1v) is 13.0. The number of rotatable bonds is 8. The quantitative estimate of drug-likeness (QED) is 0.582. The van der Waals surface area contributed by atoms with Crippen molar-refractivity contribution >= 4 is 17.4 Å². The summed E-state index contributed by atoms with van der Waals surface area (Å²) in [6.45, 7) is 10.1. The maximum Gasteiger partial charge on any atom is 0.225 e. The average Bonchev–Trinajstić information content (AvgIpc) is 3.77. The third-order valence-corrected chi connectivity index (χ3v) is 7.79. The Balaban J connectivity index is 1.31. The molecule has 1 amide bonds. The molecule has 0 spiro atoms. The van der Waals surface area contributed by atoms with Crippen molar-refractivity contribution in [2.24, 2.45) is 5.92 Å². The van der Waals surface area contributed by atoms with Crippen LogP contribution in [0.3, 0.4) is 0 Å². The number of aromatic nitrogens is 1. The summed E-state index contributed by atoms with van der Waals surface area (Å²) in [5, 5.41) is 10.0. The molecule has 2 aliphatic heterocycles. The molecule has 8 nitrogen and oxygen atoms in total. The number of ether oxygens (including phenoxy) is 1. The molecule has 1 aromatic rings. The second-order valence-corrected chi connectivity index (χ2v) is 10.5. The lowest BCUT2D eigenvalue weighted by atomic mass is 10.1. The van der Waals surface area contributed by atoms with Gasteiger partial charge in [0.1, 0.15) is 11.9 Å². The molecular weight excluding hydrogens is 428 g/mol. The summed E-state index contributed by atoms with van der Waals surface area (Å²) in [7, 11) is 1.62. The van der Waals surface area contributed by atoms with Gasteiger partial charge in [-0.15, -0.1) is 0 Å². The molecule has 0 radical (unpaired) electrons. The fraction of sp³-hybridized carbons (Fsp3) is 0.731. The number of anilines is 2. The van der Waals surface area contributed by atoms with E-state index in [1.165, 1.54) is 43.6 Å². The molecule has 4 aliphatic rings. The molecule has 1 atom stereocenters. The van der Waals surface area contributed by atoms with Crippen LogP contribution in [0.25, 0.3) is 0 Å². The zero-order valence-electron chi connectivity index (χ0n) is 20.7. The summed E-state index contributed by atoms with van der Waals surface area (Å²) in [6, 6.07) is 4.62. The number of hydrogen-bond acceptors (Lipinski definition) is 7. The SMILES string of the molecule is COCCC(=O)N1CCN(c2nc(C3CC3)c(N3CCN(CC4CC4)CC3)cc2C#N)CC1C. The van der Waals surface area contributed by atoms with Crippen molar-refractivity contribution in [3.63, 3.8) is 0 Å². The van der Waals surface area contributed by atoms with Crippen LogP contribution in [0.4, 0.5) is 11.5 Å². The minimum Gasteiger partial charge on any atom is -0.384 e. The van der Waals surface area contributed by atoms with E-state index in [-0.39, 0.29) is 11.9 Å². The molecule has 0 bridgehead atoms. The third-order valence-electron chi connectivity index (χ3n) is 7.79. The maximum atomic E-state index is 12.5. The largest absolute Gasteiger partial charge is 0.384 e. The van der Waals surface area contributed by atoms with Crippen molar-refractivity contribution in [3.8, 4) is 6.07 Å². The second-order valence-electron chi connectivity index (χ2n) is 10.5. The Bertz CT molecular complexity index is 930. The highest BCUT2D eigenvalue weighted by atomic mass is 16.5. The van der Waals surface area contributed by atoms with Gasteiger partial charge in [0.15, 0.2) is 0 Å². The molecule has 2 aliphatic carbocycles. The van der Waals surface area contributed by atoms with E-state index in [9.17, 15) is 10.1 Å². The number of carbonyl (C=O) groups is 1. The molecule has 34 heavy (non-hydrogen) atoms. The monoisotopic (exact) mass is 466 g/mol. The van der Waals surface area contributed by atoms with Crippen LogP contribution >= 0.6 is 0 Å². The molecule has 5 rings (SSSR count). The van der Waals surface area contributed by atoms with Gasteiger partial charge in [-0.3, -0.25) is 9.69 Å². The molecule has 8 heteroatoms. The number of amides is 1. The fourth-order valence-electron chi connectivity index (χ4n) is 5.43. The van der Waals surface area contributed by atoms with Crippen molar-refractivity contribution in [2.45, 2.75) is 51.0 Å². The highest BCUT2D eigenvalue weighted by Crippen LogP contribution is 2.45. The van der Waals surface area contributed by atoms with Crippen molar-refractivity contribution in [1.29, 1.82) is 5.26 Å². The van der Waals surface area contributed by atoms with Gasteiger partial charge in [0.25, 0.3) is 0 Å². The van der Waals surface area contributed by atoms with Gasteiger partial charge in [0, 0.05) is 71.4 Å². The summed E-state index contributed by atoms with van der Waals surface area (Å²) < 4.78 is 5.08. The molecule has 1 aromatic heterocycles. The van der Waals surface area contributed by atoms with Gasteiger partial charge in [-0.25, -0.2) is 4.98 Å². The molecule has 0 N–H and O–H groups in total. The summed E-state index contributed by atoms with van der Waals surface area (Å²) in [4.78, 5) is 26.9. The number of carbonyl (C=O) groups excluding carboxylic acids is 1. The summed E-state index contributed by atoms with van der Waals surface area (Å²) in [6.07, 6.45) is 5.58. The molecule has 2 saturated carbocycles. The Kier molecular flexibility index (Phi) is 6.94. The third kappa shape index (κ3) is 5.16. The minimum atomic E-state index is 0.0787. The average molecular weight is 467 g/mol. The predicted molar refractivity (Wildman–Crippen MR) is 132 cm³/mol. The molecule has 2 saturated heterocycles. The van der Waals surface area contributed by atoms with E-state index in [0.717, 1.165) is 37.9 Å². The predicted octanol–water partition coefficient (Wildman–Crippen LogP) is 2.44. The lowest BCUT2D eigenvalue weighted by Gasteiger charge is -2.41. The van der Waals surface area contributed by atoms with Gasteiger partial charge < -0.3 is 19.4 Å². The lowest BCUT2D eigenvalue weighted by Crippen LogP contribution is -2.54. The highest BCUT2D eigenvalue weighted by molar-refractivity contribution is 5.77. The topological polar surface area (TPSA) is 75.9 Å². The first kappa shape index (κ1) is 23.4. The van der Waals surface area contributed by atoms with Crippen molar-refractivity contribution in [1.82, 2.24) is 14.8 Å². The minimum absolute atomic E-state index is 0.0787. The number of nitrogens with zero attached hydrogens (tertiary/aromatic N) is 6. The number of methoxy groups -OCH3 is 1. The first-order valence-electron chi connectivity index (χ1n) is 13.0. The molecular formula is C26H38N6O2. The lowest BCUT2D eigenvalue weighted by molar-refractivity contribution is -0.134. The van der Waals surface area contributed by atoms with Crippen LogP contribution in [0, 0.1) is 17.2 Å². The zero-order chi connectivity index (χ0) is 23.7. The van der Waals surface area contributed by atoms with Crippen molar-refractivity contribution < 1.29 is 9.53 Å². The van der Waals surface area contributed by atoms with E-state index in [4.69, 9.17) is 9.72 Å². The van der Waals surface area contributed by atoms with E-state index in [0.29, 0.717) is 44.1 Å². The normalized spacial score (nSPS) is 23.8. The van der Waals surface area contributed by atoms with E-state index in [2.05, 4.69) is 33.8 Å². The van der Waals surface area contributed by atoms with Crippen molar-refractivity contribution in [2.75, 3.05) is 75.9 Å². The van der Waals surface area contributed by atoms with Crippen LogP contribution in [0.1, 0.15) is 56.2 Å². The Labute approximate surface area is 203 Å². The van der Waals surface area contributed by atoms with Gasteiger partial charge in [-0.2, -0.15) is 5.26 Å². The van der Waals surface area contributed by atoms with Crippen LogP contribution in [-0.4, -0.2) is 92.8 Å². The van der Waals surface area contributed by atoms with E-state index >= 15 is 0 Å². The molecule has 4 fully saturated rings. The van der Waals surface area contributed by atoms with Crippen LogP contribution in [0.5, 0.6) is 0 Å². The summed E-state index contributed by atoms with van der Waals surface area (Å²) in [5.41, 5.74) is 3.01.